The smallest absolute Gasteiger partial charge is 0.263 e. The molecule has 2 heterocycles. The third kappa shape index (κ3) is 4.43. The summed E-state index contributed by atoms with van der Waals surface area (Å²) in [4.78, 5) is 20.1. The molecule has 1 fully saturated rings. The molecule has 1 saturated heterocycles. The minimum absolute atomic E-state index is 0.0642. The number of hydrogen-bond donors (Lipinski definition) is 1. The van der Waals surface area contributed by atoms with Gasteiger partial charge < -0.3 is 5.32 Å². The Morgan fingerprint density at radius 1 is 1.00 bits per heavy atom. The van der Waals surface area contributed by atoms with Crippen molar-refractivity contribution in [3.8, 4) is 10.6 Å². The van der Waals surface area contributed by atoms with Crippen LogP contribution in [0.3, 0.4) is 0 Å². The van der Waals surface area contributed by atoms with Gasteiger partial charge in [0, 0.05) is 18.7 Å². The van der Waals surface area contributed by atoms with Gasteiger partial charge in [-0.3, -0.25) is 9.69 Å². The second kappa shape index (κ2) is 8.46. The maximum atomic E-state index is 12.6. The average molecular weight is 378 g/mol. The van der Waals surface area contributed by atoms with Gasteiger partial charge >= 0.3 is 0 Å². The lowest BCUT2D eigenvalue weighted by atomic mass is 10.1. The first-order valence-corrected chi connectivity index (χ1v) is 10.2. The Balaban J connectivity index is 1.40. The number of carbonyl (C=O) groups is 1. The van der Waals surface area contributed by atoms with E-state index in [1.165, 1.54) is 48.4 Å². The second-order valence-corrected chi connectivity index (χ2v) is 7.86. The molecule has 2 aromatic carbocycles. The van der Waals surface area contributed by atoms with Gasteiger partial charge in [-0.05, 0) is 37.1 Å². The summed E-state index contributed by atoms with van der Waals surface area (Å²) in [6.07, 6.45) is 4.24. The molecule has 1 aliphatic heterocycles. The molecule has 0 radical (unpaired) electrons. The van der Waals surface area contributed by atoms with Crippen molar-refractivity contribution in [3.05, 3.63) is 76.8 Å². The lowest BCUT2D eigenvalue weighted by Crippen LogP contribution is -2.24. The van der Waals surface area contributed by atoms with Crippen molar-refractivity contribution < 1.29 is 4.79 Å². The molecule has 0 bridgehead atoms. The first kappa shape index (κ1) is 17.9. The molecule has 4 rings (SSSR count). The maximum Gasteiger partial charge on any atom is 0.263 e. The van der Waals surface area contributed by atoms with Crippen LogP contribution < -0.4 is 5.32 Å². The largest absolute Gasteiger partial charge is 0.347 e. The molecule has 1 N–H and O–H groups in total. The number of aromatic nitrogens is 1. The number of thiazole rings is 1. The molecule has 4 nitrogen and oxygen atoms in total. The summed E-state index contributed by atoms with van der Waals surface area (Å²) < 4.78 is 0. The number of rotatable bonds is 6. The first-order valence-electron chi connectivity index (χ1n) is 9.38. The molecule has 0 spiro atoms. The van der Waals surface area contributed by atoms with Crippen LogP contribution >= 0.6 is 11.3 Å². The predicted molar refractivity (Wildman–Crippen MR) is 110 cm³/mol. The highest BCUT2D eigenvalue weighted by molar-refractivity contribution is 7.16. The molecule has 1 amide bonds. The summed E-state index contributed by atoms with van der Waals surface area (Å²) in [5.74, 6) is -0.0642. The number of amides is 1. The van der Waals surface area contributed by atoms with Gasteiger partial charge in [0.1, 0.15) is 9.88 Å². The van der Waals surface area contributed by atoms with E-state index in [0.717, 1.165) is 17.1 Å². The fourth-order valence-corrected chi connectivity index (χ4v) is 4.26. The summed E-state index contributed by atoms with van der Waals surface area (Å²) in [6.45, 7) is 3.85. The van der Waals surface area contributed by atoms with E-state index in [2.05, 4.69) is 33.4 Å². The lowest BCUT2D eigenvalue weighted by Gasteiger charge is -2.17. The van der Waals surface area contributed by atoms with Gasteiger partial charge in [0.2, 0.25) is 0 Å². The van der Waals surface area contributed by atoms with E-state index < -0.39 is 0 Å². The monoisotopic (exact) mass is 377 g/mol. The summed E-state index contributed by atoms with van der Waals surface area (Å²) in [5, 5.41) is 3.93. The van der Waals surface area contributed by atoms with Crippen LogP contribution in [0.15, 0.2) is 60.8 Å². The summed E-state index contributed by atoms with van der Waals surface area (Å²) >= 11 is 1.43. The third-order valence-corrected chi connectivity index (χ3v) is 5.95. The average Bonchev–Trinajstić information content (AvgIpc) is 3.40. The fourth-order valence-electron chi connectivity index (χ4n) is 3.42. The summed E-state index contributed by atoms with van der Waals surface area (Å²) in [6, 6.07) is 18.3. The third-order valence-electron chi connectivity index (χ3n) is 4.90. The van der Waals surface area contributed by atoms with Gasteiger partial charge in [-0.15, -0.1) is 11.3 Å². The van der Waals surface area contributed by atoms with Crippen molar-refractivity contribution in [3.63, 3.8) is 0 Å². The van der Waals surface area contributed by atoms with E-state index in [9.17, 15) is 4.79 Å². The highest BCUT2D eigenvalue weighted by Gasteiger charge is 2.15. The minimum atomic E-state index is -0.0642. The fraction of sp³-hybridized carbons (Fsp3) is 0.273. The van der Waals surface area contributed by atoms with Gasteiger partial charge in [-0.2, -0.15) is 0 Å². The summed E-state index contributed by atoms with van der Waals surface area (Å²) in [5.41, 5.74) is 3.53. The van der Waals surface area contributed by atoms with Gasteiger partial charge in [0.25, 0.3) is 5.91 Å². The molecule has 0 unspecified atom stereocenters. The van der Waals surface area contributed by atoms with Crippen molar-refractivity contribution in [2.45, 2.75) is 25.9 Å². The zero-order valence-electron chi connectivity index (χ0n) is 15.2. The first-order chi connectivity index (χ1) is 13.3. The molecular formula is C22H23N3OS. The molecular weight excluding hydrogens is 354 g/mol. The number of likely N-dealkylation sites (tertiary alicyclic amines) is 1. The van der Waals surface area contributed by atoms with E-state index in [0.29, 0.717) is 11.4 Å². The Kier molecular flexibility index (Phi) is 5.61. The predicted octanol–water partition coefficient (Wildman–Crippen LogP) is 4.34. The summed E-state index contributed by atoms with van der Waals surface area (Å²) in [7, 11) is 0. The number of nitrogens with one attached hydrogen (secondary N) is 1. The van der Waals surface area contributed by atoms with Gasteiger partial charge in [-0.1, -0.05) is 54.6 Å². The highest BCUT2D eigenvalue weighted by atomic mass is 32.1. The van der Waals surface area contributed by atoms with Crippen molar-refractivity contribution in [1.29, 1.82) is 0 Å². The van der Waals surface area contributed by atoms with Crippen LogP contribution in [0.25, 0.3) is 10.6 Å². The standard InChI is InChI=1S/C22H23N3OS/c26-21(20-15-24-22(27-20)17-8-2-1-3-9-17)23-14-18-10-4-5-11-19(18)16-25-12-6-7-13-25/h1-5,8-11,15H,6-7,12-14,16H2,(H,23,26). The van der Waals surface area contributed by atoms with Crippen LogP contribution in [-0.4, -0.2) is 28.9 Å². The van der Waals surface area contributed by atoms with Gasteiger partial charge in [-0.25, -0.2) is 4.98 Å². The second-order valence-electron chi connectivity index (χ2n) is 6.83. The minimum Gasteiger partial charge on any atom is -0.347 e. The van der Waals surface area contributed by atoms with Gasteiger partial charge in [0.05, 0.1) is 6.20 Å². The number of nitrogens with zero attached hydrogens (tertiary/aromatic N) is 2. The van der Waals surface area contributed by atoms with Crippen molar-refractivity contribution in [2.75, 3.05) is 13.1 Å². The maximum absolute atomic E-state index is 12.6. The SMILES string of the molecule is O=C(NCc1ccccc1CN1CCCC1)c1cnc(-c2ccccc2)s1. The zero-order valence-corrected chi connectivity index (χ0v) is 16.0. The van der Waals surface area contributed by atoms with E-state index in [-0.39, 0.29) is 5.91 Å². The molecule has 0 aliphatic carbocycles. The number of hydrogen-bond acceptors (Lipinski definition) is 4. The highest BCUT2D eigenvalue weighted by Crippen LogP contribution is 2.25. The van der Waals surface area contributed by atoms with Crippen LogP contribution in [0.5, 0.6) is 0 Å². The Bertz CT molecular complexity index is 901. The van der Waals surface area contributed by atoms with Crippen LogP contribution in [-0.2, 0) is 13.1 Å². The molecule has 0 saturated carbocycles. The van der Waals surface area contributed by atoms with Gasteiger partial charge in [0.15, 0.2) is 0 Å². The molecule has 1 aliphatic rings. The van der Waals surface area contributed by atoms with Crippen molar-refractivity contribution in [2.24, 2.45) is 0 Å². The van der Waals surface area contributed by atoms with Crippen LogP contribution in [0.2, 0.25) is 0 Å². The van der Waals surface area contributed by atoms with E-state index >= 15 is 0 Å². The van der Waals surface area contributed by atoms with E-state index in [1.54, 1.807) is 6.20 Å². The molecule has 27 heavy (non-hydrogen) atoms. The van der Waals surface area contributed by atoms with Crippen LogP contribution in [0.4, 0.5) is 0 Å². The molecule has 138 valence electrons. The quantitative estimate of drug-likeness (QED) is 0.695. The normalized spacial score (nSPS) is 14.4. The lowest BCUT2D eigenvalue weighted by molar-refractivity contribution is 0.0954. The Labute approximate surface area is 163 Å². The van der Waals surface area contributed by atoms with E-state index in [1.807, 2.05) is 36.4 Å². The Morgan fingerprint density at radius 2 is 1.70 bits per heavy atom. The Hall–Kier alpha value is -2.50. The number of benzene rings is 2. The number of carbonyl (C=O) groups excluding carboxylic acids is 1. The molecule has 1 aromatic heterocycles. The van der Waals surface area contributed by atoms with E-state index in [4.69, 9.17) is 0 Å². The van der Waals surface area contributed by atoms with Crippen molar-refractivity contribution in [1.82, 2.24) is 15.2 Å². The molecule has 5 heteroatoms. The Morgan fingerprint density at radius 3 is 2.48 bits per heavy atom. The van der Waals surface area contributed by atoms with Crippen LogP contribution in [0.1, 0.15) is 33.6 Å². The van der Waals surface area contributed by atoms with Crippen molar-refractivity contribution >= 4 is 17.2 Å². The zero-order chi connectivity index (χ0) is 18.5. The molecule has 0 atom stereocenters. The topological polar surface area (TPSA) is 45.2 Å². The van der Waals surface area contributed by atoms with Crippen LogP contribution in [0, 0.1) is 0 Å². The molecule has 3 aromatic rings.